The Morgan fingerprint density at radius 1 is 1.16 bits per heavy atom. The summed E-state index contributed by atoms with van der Waals surface area (Å²) in [6, 6.07) is -0.570. The molecule has 0 radical (unpaired) electrons. The highest BCUT2D eigenvalue weighted by Crippen LogP contribution is 2.43. The number of ketones is 1. The van der Waals surface area contributed by atoms with Crippen LogP contribution in [0.5, 0.6) is 0 Å². The summed E-state index contributed by atoms with van der Waals surface area (Å²) in [5.74, 6) is 0.508. The van der Waals surface area contributed by atoms with Crippen molar-refractivity contribution in [2.75, 3.05) is 5.75 Å². The van der Waals surface area contributed by atoms with Gasteiger partial charge in [-0.3, -0.25) is 9.59 Å². The number of fused-ring (bicyclic) bond motifs is 1. The number of thioether (sulfide) groups is 1. The maximum Gasteiger partial charge on any atom is 0.315 e. The fraction of sp³-hybridized carbons (Fsp3) is 0.765. The molecular weight excluding hydrogens is 342 g/mol. The summed E-state index contributed by atoms with van der Waals surface area (Å²) in [7, 11) is 0. The molecule has 2 aliphatic heterocycles. The number of Topliss-reactive ketones (excluding diaryl/α,β-unsaturated/α-hetero) is 1. The predicted molar refractivity (Wildman–Crippen MR) is 96.3 cm³/mol. The van der Waals surface area contributed by atoms with Gasteiger partial charge >= 0.3 is 6.03 Å². The Balaban J connectivity index is 1.70. The topological polar surface area (TPSA) is 118 Å². The van der Waals surface area contributed by atoms with Gasteiger partial charge in [0.1, 0.15) is 16.8 Å². The molecule has 2 fully saturated rings. The monoisotopic (exact) mass is 369 g/mol. The Hall–Kier alpha value is -1.57. The highest BCUT2D eigenvalue weighted by atomic mass is 32.2. The van der Waals surface area contributed by atoms with Gasteiger partial charge in [0.15, 0.2) is 0 Å². The quantitative estimate of drug-likeness (QED) is 0.272. The zero-order valence-electron chi connectivity index (χ0n) is 14.4. The van der Waals surface area contributed by atoms with Gasteiger partial charge in [-0.2, -0.15) is 0 Å². The maximum absolute atomic E-state index is 12.1. The zero-order chi connectivity index (χ0) is 18.3. The van der Waals surface area contributed by atoms with E-state index in [0.717, 1.165) is 38.4 Å². The number of unbranched alkanes of at least 4 members (excludes halogenated alkanes) is 4. The van der Waals surface area contributed by atoms with E-state index in [2.05, 4.69) is 10.6 Å². The number of hydrogen-bond donors (Lipinski definition) is 3. The second-order valence-corrected chi connectivity index (χ2v) is 8.13. The highest BCUT2D eigenvalue weighted by Gasteiger charge is 2.56. The third-order valence-electron chi connectivity index (χ3n) is 4.98. The van der Waals surface area contributed by atoms with Crippen LogP contribution in [0.4, 0.5) is 4.79 Å². The van der Waals surface area contributed by atoms with Crippen LogP contribution in [-0.4, -0.2) is 46.6 Å². The lowest BCUT2D eigenvalue weighted by molar-refractivity contribution is -0.121. The molecule has 4 N–H and O–H groups in total. The van der Waals surface area contributed by atoms with E-state index in [-0.39, 0.29) is 23.9 Å². The normalized spacial score (nSPS) is 27.4. The molecule has 2 heterocycles. The molecule has 2 saturated heterocycles. The van der Waals surface area contributed by atoms with Gasteiger partial charge in [-0.25, -0.2) is 4.79 Å². The highest BCUT2D eigenvalue weighted by molar-refractivity contribution is 8.01. The third kappa shape index (κ3) is 4.96. The van der Waals surface area contributed by atoms with Crippen molar-refractivity contribution in [3.63, 3.8) is 0 Å². The summed E-state index contributed by atoms with van der Waals surface area (Å²) in [4.78, 5) is 45.7. The molecule has 0 saturated carbocycles. The summed E-state index contributed by atoms with van der Waals surface area (Å²) >= 11 is 1.51. The largest absolute Gasteiger partial charge is 0.368 e. The van der Waals surface area contributed by atoms with Crippen LogP contribution in [0.1, 0.15) is 57.8 Å². The Kier molecular flexibility index (Phi) is 7.28. The second kappa shape index (κ2) is 9.22. The smallest absolute Gasteiger partial charge is 0.315 e. The molecule has 2 aliphatic rings. The standard InChI is InChI=1S/C17H27N3O4S/c18-15(23)17(14-13(11-25-17)19-16(24)20-14)9-5-4-8-12(22)7-3-1-2-6-10-21/h10,13-14H,1-9,11H2,(H2,18,23)(H2,19,20,24)/t13-,14-,17-/m0/s1. The Bertz CT molecular complexity index is 528. The van der Waals surface area contributed by atoms with E-state index in [1.807, 2.05) is 0 Å². The maximum atomic E-state index is 12.1. The summed E-state index contributed by atoms with van der Waals surface area (Å²) in [5, 5.41) is 5.64. The number of carbonyl (C=O) groups is 4. The number of nitrogens with one attached hydrogen (secondary N) is 2. The SMILES string of the molecule is NC(=O)[C@@]1(CCCCC(=O)CCCCCC=O)SC[C@@H]2NC(=O)N[C@@H]21. The number of carbonyl (C=O) groups excluding carboxylic acids is 4. The Morgan fingerprint density at radius 3 is 2.56 bits per heavy atom. The van der Waals surface area contributed by atoms with Crippen molar-refractivity contribution in [3.8, 4) is 0 Å². The van der Waals surface area contributed by atoms with Crippen molar-refractivity contribution in [1.82, 2.24) is 10.6 Å². The lowest BCUT2D eigenvalue weighted by Crippen LogP contribution is -2.54. The molecule has 25 heavy (non-hydrogen) atoms. The first-order valence-electron chi connectivity index (χ1n) is 8.96. The molecule has 0 aromatic heterocycles. The van der Waals surface area contributed by atoms with E-state index in [1.165, 1.54) is 11.8 Å². The summed E-state index contributed by atoms with van der Waals surface area (Å²) in [6.07, 6.45) is 7.13. The molecule has 0 aliphatic carbocycles. The molecule has 0 aromatic carbocycles. The molecule has 3 amide bonds. The number of urea groups is 1. The van der Waals surface area contributed by atoms with E-state index >= 15 is 0 Å². The average Bonchev–Trinajstić information content (AvgIpc) is 3.10. The van der Waals surface area contributed by atoms with Crippen LogP contribution >= 0.6 is 11.8 Å². The van der Waals surface area contributed by atoms with Crippen molar-refractivity contribution in [1.29, 1.82) is 0 Å². The van der Waals surface area contributed by atoms with Gasteiger partial charge in [0.05, 0.1) is 12.1 Å². The average molecular weight is 369 g/mol. The van der Waals surface area contributed by atoms with Gasteiger partial charge in [0.25, 0.3) is 0 Å². The van der Waals surface area contributed by atoms with Crippen LogP contribution in [0.3, 0.4) is 0 Å². The summed E-state index contributed by atoms with van der Waals surface area (Å²) < 4.78 is -0.776. The number of aldehydes is 1. The van der Waals surface area contributed by atoms with Crippen molar-refractivity contribution in [2.24, 2.45) is 5.73 Å². The lowest BCUT2D eigenvalue weighted by Gasteiger charge is -2.30. The van der Waals surface area contributed by atoms with Crippen molar-refractivity contribution >= 4 is 35.8 Å². The second-order valence-electron chi connectivity index (χ2n) is 6.78. The molecule has 8 heteroatoms. The van der Waals surface area contributed by atoms with Gasteiger partial charge in [0, 0.05) is 25.0 Å². The van der Waals surface area contributed by atoms with E-state index in [9.17, 15) is 19.2 Å². The molecule has 0 aromatic rings. The van der Waals surface area contributed by atoms with Crippen LogP contribution in [0.15, 0.2) is 0 Å². The fourth-order valence-corrected chi connectivity index (χ4v) is 5.17. The first-order chi connectivity index (χ1) is 12.0. The number of hydrogen-bond acceptors (Lipinski definition) is 5. The number of rotatable bonds is 12. The zero-order valence-corrected chi connectivity index (χ0v) is 15.2. The van der Waals surface area contributed by atoms with E-state index < -0.39 is 10.7 Å². The predicted octanol–water partition coefficient (Wildman–Crippen LogP) is 1.29. The molecule has 7 nitrogen and oxygen atoms in total. The molecule has 0 bridgehead atoms. The van der Waals surface area contributed by atoms with Crippen LogP contribution in [0.2, 0.25) is 0 Å². The Labute approximate surface area is 152 Å². The van der Waals surface area contributed by atoms with E-state index in [4.69, 9.17) is 5.73 Å². The van der Waals surface area contributed by atoms with Gasteiger partial charge in [-0.15, -0.1) is 11.8 Å². The van der Waals surface area contributed by atoms with Crippen LogP contribution in [0.25, 0.3) is 0 Å². The van der Waals surface area contributed by atoms with Crippen LogP contribution < -0.4 is 16.4 Å². The molecular formula is C17H27N3O4S. The third-order valence-corrected chi connectivity index (χ3v) is 6.68. The number of nitrogens with two attached hydrogens (primary N) is 1. The molecule has 0 spiro atoms. The summed E-state index contributed by atoms with van der Waals surface area (Å²) in [5.41, 5.74) is 5.65. The van der Waals surface area contributed by atoms with Crippen molar-refractivity contribution < 1.29 is 19.2 Å². The first kappa shape index (κ1) is 19.8. The van der Waals surface area contributed by atoms with Crippen LogP contribution in [-0.2, 0) is 14.4 Å². The molecule has 140 valence electrons. The minimum absolute atomic E-state index is 0.0574. The molecule has 2 rings (SSSR count). The summed E-state index contributed by atoms with van der Waals surface area (Å²) in [6.45, 7) is 0. The number of primary amides is 1. The fourth-order valence-electron chi connectivity index (χ4n) is 3.58. The molecule has 3 atom stereocenters. The Morgan fingerprint density at radius 2 is 1.88 bits per heavy atom. The minimum atomic E-state index is -0.776. The lowest BCUT2D eigenvalue weighted by atomic mass is 9.88. The first-order valence-corrected chi connectivity index (χ1v) is 9.94. The number of amides is 3. The van der Waals surface area contributed by atoms with Crippen molar-refractivity contribution in [2.45, 2.75) is 74.6 Å². The van der Waals surface area contributed by atoms with E-state index in [0.29, 0.717) is 31.4 Å². The van der Waals surface area contributed by atoms with Crippen LogP contribution in [0, 0.1) is 0 Å². The van der Waals surface area contributed by atoms with Gasteiger partial charge < -0.3 is 21.2 Å². The van der Waals surface area contributed by atoms with Gasteiger partial charge in [-0.05, 0) is 25.7 Å². The minimum Gasteiger partial charge on any atom is -0.368 e. The molecule has 0 unspecified atom stereocenters. The van der Waals surface area contributed by atoms with Gasteiger partial charge in [0.2, 0.25) is 5.91 Å². The van der Waals surface area contributed by atoms with E-state index in [1.54, 1.807) is 0 Å². The van der Waals surface area contributed by atoms with Gasteiger partial charge in [-0.1, -0.05) is 12.8 Å². The van der Waals surface area contributed by atoms with Crippen molar-refractivity contribution in [3.05, 3.63) is 0 Å².